The van der Waals surface area contributed by atoms with Crippen molar-refractivity contribution < 1.29 is 4.74 Å². The monoisotopic (exact) mass is 410 g/mol. The number of benzene rings is 5. The van der Waals surface area contributed by atoms with E-state index in [1.165, 1.54) is 44.2 Å². The van der Waals surface area contributed by atoms with E-state index in [9.17, 15) is 0 Å². The number of rotatable bonds is 1. The molecule has 152 valence electrons. The molecule has 5 aromatic rings. The molecule has 0 spiro atoms. The molecular formula is C31H22O. The zero-order valence-corrected chi connectivity index (χ0v) is 18.1. The Labute approximate surface area is 187 Å². The van der Waals surface area contributed by atoms with Crippen LogP contribution in [0.4, 0.5) is 0 Å². The Hall–Kier alpha value is -3.84. The molecule has 0 fully saturated rings. The fraction of sp³-hybridized carbons (Fsp3) is 0.0968. The van der Waals surface area contributed by atoms with Crippen LogP contribution in [0.25, 0.3) is 44.2 Å². The van der Waals surface area contributed by atoms with Gasteiger partial charge in [-0.25, -0.2) is 0 Å². The topological polar surface area (TPSA) is 9.23 Å². The summed E-state index contributed by atoms with van der Waals surface area (Å²) in [5, 5.41) is 2.42. The maximum absolute atomic E-state index is 6.57. The number of hydrogen-bond donors (Lipinski definition) is 0. The molecule has 0 unspecified atom stereocenters. The molecule has 0 atom stereocenters. The number of para-hydroxylation sites is 1. The largest absolute Gasteiger partial charge is 0.455 e. The highest BCUT2D eigenvalue weighted by Crippen LogP contribution is 2.53. The van der Waals surface area contributed by atoms with Crippen molar-refractivity contribution in [2.75, 3.05) is 0 Å². The van der Waals surface area contributed by atoms with Gasteiger partial charge >= 0.3 is 0 Å². The van der Waals surface area contributed by atoms with Gasteiger partial charge in [-0.1, -0.05) is 98.8 Å². The fourth-order valence-corrected chi connectivity index (χ4v) is 5.68. The van der Waals surface area contributed by atoms with Crippen LogP contribution in [0.3, 0.4) is 0 Å². The predicted molar refractivity (Wildman–Crippen MR) is 132 cm³/mol. The van der Waals surface area contributed by atoms with Crippen LogP contribution in [0.5, 0.6) is 11.5 Å². The van der Waals surface area contributed by atoms with E-state index in [1.807, 2.05) is 0 Å². The van der Waals surface area contributed by atoms with Gasteiger partial charge in [0.1, 0.15) is 11.5 Å². The Kier molecular flexibility index (Phi) is 3.40. The molecule has 1 aliphatic heterocycles. The van der Waals surface area contributed by atoms with Crippen molar-refractivity contribution in [3.8, 4) is 44.9 Å². The summed E-state index contributed by atoms with van der Waals surface area (Å²) in [6.45, 7) is 4.66. The Morgan fingerprint density at radius 2 is 1.25 bits per heavy atom. The van der Waals surface area contributed by atoms with Crippen molar-refractivity contribution >= 4 is 10.8 Å². The minimum absolute atomic E-state index is 0.0180. The van der Waals surface area contributed by atoms with Crippen LogP contribution in [-0.2, 0) is 5.41 Å². The minimum Gasteiger partial charge on any atom is -0.455 e. The zero-order chi connectivity index (χ0) is 21.4. The van der Waals surface area contributed by atoms with Crippen molar-refractivity contribution in [1.82, 2.24) is 0 Å². The summed E-state index contributed by atoms with van der Waals surface area (Å²) in [5.41, 5.74) is 10.2. The summed E-state index contributed by atoms with van der Waals surface area (Å²) in [4.78, 5) is 0. The van der Waals surface area contributed by atoms with Crippen LogP contribution < -0.4 is 4.74 Å². The molecule has 0 amide bonds. The van der Waals surface area contributed by atoms with E-state index in [0.717, 1.165) is 22.6 Å². The average molecular weight is 411 g/mol. The lowest BCUT2D eigenvalue weighted by molar-refractivity contribution is 0.489. The predicted octanol–water partition coefficient (Wildman–Crippen LogP) is 8.59. The van der Waals surface area contributed by atoms with Gasteiger partial charge in [-0.05, 0) is 50.9 Å². The van der Waals surface area contributed by atoms with Crippen LogP contribution in [0.2, 0.25) is 0 Å². The van der Waals surface area contributed by atoms with Crippen molar-refractivity contribution in [3.63, 3.8) is 0 Å². The summed E-state index contributed by atoms with van der Waals surface area (Å²) in [5.74, 6) is 1.89. The van der Waals surface area contributed by atoms with Crippen molar-refractivity contribution in [1.29, 1.82) is 0 Å². The lowest BCUT2D eigenvalue weighted by Crippen LogP contribution is -2.14. The molecule has 0 bridgehead atoms. The quantitative estimate of drug-likeness (QED) is 0.264. The fourth-order valence-electron chi connectivity index (χ4n) is 5.68. The Morgan fingerprint density at radius 1 is 0.562 bits per heavy atom. The number of ether oxygens (including phenoxy) is 1. The SMILES string of the molecule is CC1(C)c2ccccc2-c2ccc(-c3cccc4c3Oc3cccc5cccc-4c35)cc21. The smallest absolute Gasteiger partial charge is 0.143 e. The molecule has 0 radical (unpaired) electrons. The van der Waals surface area contributed by atoms with Crippen LogP contribution in [0.15, 0.2) is 97.1 Å². The highest BCUT2D eigenvalue weighted by Gasteiger charge is 2.35. The second kappa shape index (κ2) is 6.11. The van der Waals surface area contributed by atoms with Gasteiger partial charge in [-0.2, -0.15) is 0 Å². The molecule has 1 heterocycles. The molecule has 1 nitrogen and oxygen atoms in total. The van der Waals surface area contributed by atoms with E-state index in [1.54, 1.807) is 0 Å². The third kappa shape index (κ3) is 2.23. The highest BCUT2D eigenvalue weighted by molar-refractivity contribution is 6.05. The zero-order valence-electron chi connectivity index (χ0n) is 18.1. The second-order valence-electron chi connectivity index (χ2n) is 9.38. The molecule has 0 saturated carbocycles. The summed E-state index contributed by atoms with van der Waals surface area (Å²) in [6, 6.07) is 35.0. The third-order valence-corrected chi connectivity index (χ3v) is 7.28. The van der Waals surface area contributed by atoms with Crippen molar-refractivity contribution in [3.05, 3.63) is 108 Å². The van der Waals surface area contributed by atoms with Gasteiger partial charge in [-0.15, -0.1) is 0 Å². The van der Waals surface area contributed by atoms with E-state index in [0.29, 0.717) is 0 Å². The number of hydrogen-bond acceptors (Lipinski definition) is 1. The lowest BCUT2D eigenvalue weighted by atomic mass is 9.81. The van der Waals surface area contributed by atoms with E-state index in [2.05, 4.69) is 111 Å². The van der Waals surface area contributed by atoms with Gasteiger partial charge in [0.05, 0.1) is 0 Å². The maximum Gasteiger partial charge on any atom is 0.143 e. The Balaban J connectivity index is 1.45. The van der Waals surface area contributed by atoms with Gasteiger partial charge in [0.15, 0.2) is 0 Å². The standard InChI is InChI=1S/C31H22O/c1-31(2)26-14-4-3-10-22(26)23-17-16-20(18-27(23)31)21-11-7-13-25-24-12-5-8-19-9-6-15-28(29(19)24)32-30(21)25/h3-18H,1-2H3. The van der Waals surface area contributed by atoms with Crippen LogP contribution in [0.1, 0.15) is 25.0 Å². The lowest BCUT2D eigenvalue weighted by Gasteiger charge is -2.25. The Morgan fingerprint density at radius 3 is 2.16 bits per heavy atom. The second-order valence-corrected chi connectivity index (χ2v) is 9.38. The van der Waals surface area contributed by atoms with Crippen LogP contribution in [-0.4, -0.2) is 0 Å². The first-order valence-corrected chi connectivity index (χ1v) is 11.2. The summed E-state index contributed by atoms with van der Waals surface area (Å²) in [6.07, 6.45) is 0. The van der Waals surface area contributed by atoms with Gasteiger partial charge in [0, 0.05) is 21.9 Å². The molecule has 32 heavy (non-hydrogen) atoms. The maximum atomic E-state index is 6.57. The van der Waals surface area contributed by atoms with Gasteiger partial charge in [0.25, 0.3) is 0 Å². The molecule has 0 saturated heterocycles. The first-order valence-electron chi connectivity index (χ1n) is 11.2. The summed E-state index contributed by atoms with van der Waals surface area (Å²) in [7, 11) is 0. The van der Waals surface area contributed by atoms with E-state index in [4.69, 9.17) is 4.74 Å². The Bertz CT molecular complexity index is 1570. The van der Waals surface area contributed by atoms with Gasteiger partial charge in [0.2, 0.25) is 0 Å². The van der Waals surface area contributed by atoms with Crippen LogP contribution in [0, 0.1) is 0 Å². The first-order chi connectivity index (χ1) is 15.6. The molecule has 5 aromatic carbocycles. The van der Waals surface area contributed by atoms with Gasteiger partial charge in [-0.3, -0.25) is 0 Å². The molecule has 0 aromatic heterocycles. The van der Waals surface area contributed by atoms with Crippen molar-refractivity contribution in [2.45, 2.75) is 19.3 Å². The normalized spacial score (nSPS) is 14.4. The summed E-state index contributed by atoms with van der Waals surface area (Å²) >= 11 is 0. The molecule has 0 N–H and O–H groups in total. The van der Waals surface area contributed by atoms with Crippen molar-refractivity contribution in [2.24, 2.45) is 0 Å². The van der Waals surface area contributed by atoms with E-state index < -0.39 is 0 Å². The van der Waals surface area contributed by atoms with Gasteiger partial charge < -0.3 is 4.74 Å². The first kappa shape index (κ1) is 17.8. The molecule has 1 aliphatic carbocycles. The average Bonchev–Trinajstić information content (AvgIpc) is 3.06. The van der Waals surface area contributed by atoms with Crippen LogP contribution >= 0.6 is 0 Å². The number of fused-ring (bicyclic) bond motifs is 5. The molecule has 7 rings (SSSR count). The minimum atomic E-state index is -0.0180. The van der Waals surface area contributed by atoms with E-state index >= 15 is 0 Å². The molecule has 2 aliphatic rings. The molecular weight excluding hydrogens is 388 g/mol. The third-order valence-electron chi connectivity index (χ3n) is 7.28. The highest BCUT2D eigenvalue weighted by atomic mass is 16.5. The summed E-state index contributed by atoms with van der Waals surface area (Å²) < 4.78 is 6.57. The molecule has 1 heteroatoms. The van der Waals surface area contributed by atoms with E-state index in [-0.39, 0.29) is 5.41 Å².